The van der Waals surface area contributed by atoms with Crippen molar-refractivity contribution in [1.29, 1.82) is 0 Å². The predicted molar refractivity (Wildman–Crippen MR) is 88.3 cm³/mol. The van der Waals surface area contributed by atoms with Crippen LogP contribution in [0.15, 0.2) is 42.6 Å². The number of aromatic nitrogens is 2. The lowest BCUT2D eigenvalue weighted by Crippen LogP contribution is -2.41. The van der Waals surface area contributed by atoms with Gasteiger partial charge in [-0.15, -0.1) is 0 Å². The first kappa shape index (κ1) is 17.5. The van der Waals surface area contributed by atoms with Crippen molar-refractivity contribution >= 4 is 5.91 Å². The average molecular weight is 349 g/mol. The summed E-state index contributed by atoms with van der Waals surface area (Å²) in [6, 6.07) is 11.1. The van der Waals surface area contributed by atoms with Crippen molar-refractivity contribution < 1.29 is 18.7 Å². The van der Waals surface area contributed by atoms with Gasteiger partial charge in [0.15, 0.2) is 5.69 Å². The molecule has 3 rings (SSSR count). The molecule has 2 heterocycles. The van der Waals surface area contributed by atoms with Gasteiger partial charge in [0.2, 0.25) is 0 Å². The summed E-state index contributed by atoms with van der Waals surface area (Å²) in [5.74, 6) is -0.210. The van der Waals surface area contributed by atoms with Crippen LogP contribution in [0.5, 0.6) is 0 Å². The van der Waals surface area contributed by atoms with E-state index < -0.39 is 12.7 Å². The van der Waals surface area contributed by atoms with E-state index in [1.165, 1.54) is 6.07 Å². The Kier molecular flexibility index (Phi) is 5.43. The quantitative estimate of drug-likeness (QED) is 0.903. The topological polar surface area (TPSA) is 58.4 Å². The number of aliphatic hydroxyl groups is 1. The van der Waals surface area contributed by atoms with Gasteiger partial charge in [0.05, 0.1) is 6.10 Å². The molecule has 25 heavy (non-hydrogen) atoms. The molecular formula is C18H21F2N3O2. The second-order valence-corrected chi connectivity index (χ2v) is 6.35. The molecule has 0 aliphatic carbocycles. The first-order valence-electron chi connectivity index (χ1n) is 8.39. The third-order valence-corrected chi connectivity index (χ3v) is 4.69. The highest BCUT2D eigenvalue weighted by molar-refractivity contribution is 5.92. The average Bonchev–Trinajstić information content (AvgIpc) is 3.12. The minimum absolute atomic E-state index is 0.0311. The Bertz CT molecular complexity index is 697. The molecule has 7 heteroatoms. The molecule has 1 fully saturated rings. The number of aliphatic hydroxyl groups excluding tert-OH is 1. The van der Waals surface area contributed by atoms with Crippen molar-refractivity contribution in [3.05, 3.63) is 53.9 Å². The Hall–Kier alpha value is -2.28. The van der Waals surface area contributed by atoms with Crippen molar-refractivity contribution in [3.8, 4) is 0 Å². The Balaban J connectivity index is 1.53. The predicted octanol–water partition coefficient (Wildman–Crippen LogP) is 2.73. The van der Waals surface area contributed by atoms with Crippen molar-refractivity contribution in [2.75, 3.05) is 13.1 Å². The molecule has 1 aromatic heterocycles. The van der Waals surface area contributed by atoms with Crippen LogP contribution in [0.3, 0.4) is 0 Å². The lowest BCUT2D eigenvalue weighted by atomic mass is 9.88. The molecule has 1 aliphatic rings. The van der Waals surface area contributed by atoms with Gasteiger partial charge in [0, 0.05) is 19.3 Å². The molecular weight excluding hydrogens is 328 g/mol. The maximum atomic E-state index is 12.6. The van der Waals surface area contributed by atoms with E-state index in [4.69, 9.17) is 0 Å². The van der Waals surface area contributed by atoms with Crippen LogP contribution in [0.1, 0.15) is 35.4 Å². The zero-order valence-electron chi connectivity index (χ0n) is 13.8. The van der Waals surface area contributed by atoms with E-state index in [9.17, 15) is 18.7 Å². The van der Waals surface area contributed by atoms with Gasteiger partial charge in [-0.05, 0) is 36.8 Å². The van der Waals surface area contributed by atoms with E-state index in [1.807, 2.05) is 30.3 Å². The minimum Gasteiger partial charge on any atom is -0.392 e. The highest BCUT2D eigenvalue weighted by Gasteiger charge is 2.29. The molecule has 1 atom stereocenters. The largest absolute Gasteiger partial charge is 0.392 e. The summed E-state index contributed by atoms with van der Waals surface area (Å²) in [6.45, 7) is -1.76. The molecule has 0 radical (unpaired) electrons. The monoisotopic (exact) mass is 349 g/mol. The van der Waals surface area contributed by atoms with Crippen LogP contribution in [0, 0.1) is 5.92 Å². The summed E-state index contributed by atoms with van der Waals surface area (Å²) in [6.07, 6.45) is 2.63. The lowest BCUT2D eigenvalue weighted by molar-refractivity contribution is 0.0446. The standard InChI is InChI=1S/C18H21F2N3O2/c19-18(20)23-11-8-15(21-23)17(25)22-9-6-14(7-10-22)16(24)12-13-4-2-1-3-5-13/h1-5,8,11,14,16,18,24H,6-7,9-10,12H2/t16-/m1/s1. The van der Waals surface area contributed by atoms with Crippen LogP contribution < -0.4 is 0 Å². The Morgan fingerprint density at radius 2 is 1.88 bits per heavy atom. The van der Waals surface area contributed by atoms with Crippen LogP contribution in [0.4, 0.5) is 8.78 Å². The molecule has 0 unspecified atom stereocenters. The Morgan fingerprint density at radius 3 is 2.48 bits per heavy atom. The van der Waals surface area contributed by atoms with Gasteiger partial charge in [0.1, 0.15) is 0 Å². The number of carbonyl (C=O) groups is 1. The van der Waals surface area contributed by atoms with E-state index in [-0.39, 0.29) is 17.5 Å². The van der Waals surface area contributed by atoms with Crippen LogP contribution in [-0.4, -0.2) is 44.9 Å². The highest BCUT2D eigenvalue weighted by Crippen LogP contribution is 2.24. The van der Waals surface area contributed by atoms with Gasteiger partial charge in [-0.2, -0.15) is 13.9 Å². The fourth-order valence-electron chi connectivity index (χ4n) is 3.23. The zero-order chi connectivity index (χ0) is 17.8. The van der Waals surface area contributed by atoms with Crippen molar-refractivity contribution in [2.45, 2.75) is 31.9 Å². The maximum Gasteiger partial charge on any atom is 0.333 e. The normalized spacial score (nSPS) is 17.0. The number of rotatable bonds is 5. The first-order chi connectivity index (χ1) is 12.0. The third-order valence-electron chi connectivity index (χ3n) is 4.69. The molecule has 1 aliphatic heterocycles. The fourth-order valence-corrected chi connectivity index (χ4v) is 3.23. The molecule has 1 N–H and O–H groups in total. The summed E-state index contributed by atoms with van der Waals surface area (Å²) in [4.78, 5) is 14.0. The van der Waals surface area contributed by atoms with E-state index in [2.05, 4.69) is 5.10 Å². The summed E-state index contributed by atoms with van der Waals surface area (Å²) in [7, 11) is 0. The summed E-state index contributed by atoms with van der Waals surface area (Å²) in [5, 5.41) is 14.1. The Labute approximate surface area is 144 Å². The van der Waals surface area contributed by atoms with E-state index in [0.29, 0.717) is 37.0 Å². The van der Waals surface area contributed by atoms with Crippen LogP contribution in [-0.2, 0) is 6.42 Å². The van der Waals surface area contributed by atoms with E-state index in [0.717, 1.165) is 11.8 Å². The van der Waals surface area contributed by atoms with Crippen LogP contribution in [0.2, 0.25) is 0 Å². The fraction of sp³-hybridized carbons (Fsp3) is 0.444. The minimum atomic E-state index is -2.75. The van der Waals surface area contributed by atoms with Gasteiger partial charge in [-0.25, -0.2) is 4.68 Å². The molecule has 5 nitrogen and oxygen atoms in total. The van der Waals surface area contributed by atoms with Gasteiger partial charge in [-0.1, -0.05) is 30.3 Å². The first-order valence-corrected chi connectivity index (χ1v) is 8.39. The lowest BCUT2D eigenvalue weighted by Gasteiger charge is -2.34. The Morgan fingerprint density at radius 1 is 1.20 bits per heavy atom. The second kappa shape index (κ2) is 7.74. The molecule has 0 bridgehead atoms. The van der Waals surface area contributed by atoms with E-state index >= 15 is 0 Å². The number of alkyl halides is 2. The molecule has 134 valence electrons. The van der Waals surface area contributed by atoms with Crippen molar-refractivity contribution in [1.82, 2.24) is 14.7 Å². The number of amides is 1. The number of halogens is 2. The second-order valence-electron chi connectivity index (χ2n) is 6.35. The van der Waals surface area contributed by atoms with Crippen molar-refractivity contribution in [2.24, 2.45) is 5.92 Å². The van der Waals surface area contributed by atoms with Crippen molar-refractivity contribution in [3.63, 3.8) is 0 Å². The summed E-state index contributed by atoms with van der Waals surface area (Å²) >= 11 is 0. The number of likely N-dealkylation sites (tertiary alicyclic amines) is 1. The molecule has 0 saturated carbocycles. The third kappa shape index (κ3) is 4.22. The highest BCUT2D eigenvalue weighted by atomic mass is 19.3. The van der Waals surface area contributed by atoms with Crippen LogP contribution >= 0.6 is 0 Å². The van der Waals surface area contributed by atoms with Gasteiger partial charge < -0.3 is 10.0 Å². The van der Waals surface area contributed by atoms with Crippen LogP contribution in [0.25, 0.3) is 0 Å². The smallest absolute Gasteiger partial charge is 0.333 e. The number of nitrogens with zero attached hydrogens (tertiary/aromatic N) is 3. The van der Waals surface area contributed by atoms with Gasteiger partial charge in [-0.3, -0.25) is 4.79 Å². The SMILES string of the molecule is O=C(c1ccn(C(F)F)n1)N1CCC([C@H](O)Cc2ccccc2)CC1. The molecule has 0 spiro atoms. The zero-order valence-corrected chi connectivity index (χ0v) is 13.8. The van der Waals surface area contributed by atoms with Gasteiger partial charge >= 0.3 is 6.55 Å². The molecule has 1 aromatic carbocycles. The number of piperidine rings is 1. The number of hydrogen-bond acceptors (Lipinski definition) is 3. The summed E-state index contributed by atoms with van der Waals surface area (Å²) < 4.78 is 25.6. The molecule has 2 aromatic rings. The molecule has 1 saturated heterocycles. The number of carbonyl (C=O) groups excluding carboxylic acids is 1. The number of hydrogen-bond donors (Lipinski definition) is 1. The summed E-state index contributed by atoms with van der Waals surface area (Å²) in [5.41, 5.74) is 1.12. The van der Waals surface area contributed by atoms with Gasteiger partial charge in [0.25, 0.3) is 5.91 Å². The van der Waals surface area contributed by atoms with E-state index in [1.54, 1.807) is 4.90 Å². The maximum absolute atomic E-state index is 12.6. The molecule has 1 amide bonds. The number of benzene rings is 1.